The molecule has 0 fully saturated rings. The first-order chi connectivity index (χ1) is 13.3. The van der Waals surface area contributed by atoms with Crippen molar-refractivity contribution in [3.63, 3.8) is 0 Å². The predicted molar refractivity (Wildman–Crippen MR) is 104 cm³/mol. The van der Waals surface area contributed by atoms with Gasteiger partial charge in [0.25, 0.3) is 5.91 Å². The van der Waals surface area contributed by atoms with Gasteiger partial charge in [-0.05, 0) is 57.2 Å². The van der Waals surface area contributed by atoms with Crippen molar-refractivity contribution in [3.8, 4) is 0 Å². The SMILES string of the molecule is Cc1cc(C(=O)N(C)C(C)c2cc(F)ccc2F)c(C)n1Cc1ccccn1. The standard InChI is InChI=1S/C22H23F2N3O/c1-14-11-20(16(3)27(14)13-18-7-5-6-10-25-18)22(28)26(4)15(2)19-12-17(23)8-9-21(19)24/h5-12,15H,13H2,1-4H3. The highest BCUT2D eigenvalue weighted by Gasteiger charge is 2.25. The molecule has 0 N–H and O–H groups in total. The molecule has 1 amide bonds. The number of benzene rings is 1. The van der Waals surface area contributed by atoms with Crippen LogP contribution in [0.1, 0.15) is 46.0 Å². The minimum Gasteiger partial charge on any atom is -0.342 e. The number of carbonyl (C=O) groups excluding carboxylic acids is 1. The molecular weight excluding hydrogens is 360 g/mol. The minimum absolute atomic E-state index is 0.151. The molecule has 0 saturated heterocycles. The molecule has 0 aliphatic heterocycles. The van der Waals surface area contributed by atoms with Crippen molar-refractivity contribution in [1.29, 1.82) is 0 Å². The number of nitrogens with zero attached hydrogens (tertiary/aromatic N) is 3. The van der Waals surface area contributed by atoms with Crippen molar-refractivity contribution in [2.75, 3.05) is 7.05 Å². The molecular formula is C22H23F2N3O. The Hall–Kier alpha value is -3.02. The van der Waals surface area contributed by atoms with Crippen molar-refractivity contribution in [3.05, 3.63) is 88.5 Å². The first kappa shape index (κ1) is 19.7. The Morgan fingerprint density at radius 3 is 2.61 bits per heavy atom. The molecule has 0 radical (unpaired) electrons. The summed E-state index contributed by atoms with van der Waals surface area (Å²) >= 11 is 0. The first-order valence-electron chi connectivity index (χ1n) is 9.08. The van der Waals surface area contributed by atoms with Crippen LogP contribution in [-0.2, 0) is 6.54 Å². The van der Waals surface area contributed by atoms with Crippen LogP contribution in [-0.4, -0.2) is 27.4 Å². The van der Waals surface area contributed by atoms with E-state index in [1.54, 1.807) is 20.2 Å². The highest BCUT2D eigenvalue weighted by atomic mass is 19.1. The molecule has 0 aliphatic carbocycles. The molecule has 28 heavy (non-hydrogen) atoms. The highest BCUT2D eigenvalue weighted by Crippen LogP contribution is 2.26. The van der Waals surface area contributed by atoms with Crippen LogP contribution in [0.15, 0.2) is 48.7 Å². The summed E-state index contributed by atoms with van der Waals surface area (Å²) in [5.74, 6) is -1.30. The maximum Gasteiger partial charge on any atom is 0.255 e. The van der Waals surface area contributed by atoms with Gasteiger partial charge in [0.15, 0.2) is 0 Å². The van der Waals surface area contributed by atoms with Crippen molar-refractivity contribution in [2.45, 2.75) is 33.4 Å². The molecule has 4 nitrogen and oxygen atoms in total. The second kappa shape index (κ2) is 7.92. The van der Waals surface area contributed by atoms with E-state index < -0.39 is 17.7 Å². The van der Waals surface area contributed by atoms with Gasteiger partial charge in [0.05, 0.1) is 23.8 Å². The van der Waals surface area contributed by atoms with Crippen LogP contribution >= 0.6 is 0 Å². The fourth-order valence-electron chi connectivity index (χ4n) is 3.32. The summed E-state index contributed by atoms with van der Waals surface area (Å²) in [4.78, 5) is 18.8. The fraction of sp³-hybridized carbons (Fsp3) is 0.273. The molecule has 1 unspecified atom stereocenters. The third-order valence-corrected chi connectivity index (χ3v) is 5.16. The van der Waals surface area contributed by atoms with Crippen molar-refractivity contribution < 1.29 is 13.6 Å². The van der Waals surface area contributed by atoms with E-state index >= 15 is 0 Å². The molecule has 0 saturated carbocycles. The van der Waals surface area contributed by atoms with Gasteiger partial charge < -0.3 is 9.47 Å². The average Bonchev–Trinajstić information content (AvgIpc) is 2.97. The molecule has 3 rings (SSSR count). The monoisotopic (exact) mass is 383 g/mol. The van der Waals surface area contributed by atoms with Crippen LogP contribution in [0.2, 0.25) is 0 Å². The zero-order chi connectivity index (χ0) is 20.4. The molecule has 0 spiro atoms. The number of aryl methyl sites for hydroxylation is 1. The third kappa shape index (κ3) is 3.81. The first-order valence-corrected chi connectivity index (χ1v) is 9.08. The Morgan fingerprint density at radius 2 is 1.93 bits per heavy atom. The van der Waals surface area contributed by atoms with E-state index in [1.807, 2.05) is 42.7 Å². The van der Waals surface area contributed by atoms with Gasteiger partial charge in [-0.15, -0.1) is 0 Å². The Kier molecular flexibility index (Phi) is 5.58. The zero-order valence-corrected chi connectivity index (χ0v) is 16.4. The smallest absolute Gasteiger partial charge is 0.255 e. The van der Waals surface area contributed by atoms with Crippen LogP contribution in [0.25, 0.3) is 0 Å². The van der Waals surface area contributed by atoms with Gasteiger partial charge in [-0.1, -0.05) is 6.07 Å². The Morgan fingerprint density at radius 1 is 1.18 bits per heavy atom. The van der Waals surface area contributed by atoms with Crippen LogP contribution in [0.5, 0.6) is 0 Å². The summed E-state index contributed by atoms with van der Waals surface area (Å²) in [7, 11) is 1.60. The Labute approximate surface area is 163 Å². The molecule has 146 valence electrons. The van der Waals surface area contributed by atoms with Gasteiger partial charge in [0, 0.05) is 30.2 Å². The van der Waals surface area contributed by atoms with Gasteiger partial charge in [-0.2, -0.15) is 0 Å². The number of aromatic nitrogens is 2. The summed E-state index contributed by atoms with van der Waals surface area (Å²) < 4.78 is 29.7. The largest absolute Gasteiger partial charge is 0.342 e. The van der Waals surface area contributed by atoms with Gasteiger partial charge >= 0.3 is 0 Å². The second-order valence-corrected chi connectivity index (χ2v) is 6.95. The number of rotatable bonds is 5. The molecule has 0 aliphatic rings. The van der Waals surface area contributed by atoms with Gasteiger partial charge in [-0.3, -0.25) is 9.78 Å². The summed E-state index contributed by atoms with van der Waals surface area (Å²) in [5, 5.41) is 0. The van der Waals surface area contributed by atoms with Crippen molar-refractivity contribution in [2.24, 2.45) is 0 Å². The maximum atomic E-state index is 14.1. The summed E-state index contributed by atoms with van der Waals surface area (Å²) in [5.41, 5.74) is 3.33. The van der Waals surface area contributed by atoms with Gasteiger partial charge in [-0.25, -0.2) is 8.78 Å². The summed E-state index contributed by atoms with van der Waals surface area (Å²) in [6, 6.07) is 10.2. The lowest BCUT2D eigenvalue weighted by atomic mass is 10.1. The second-order valence-electron chi connectivity index (χ2n) is 6.95. The number of hydrogen-bond acceptors (Lipinski definition) is 2. The Bertz CT molecular complexity index is 999. The van der Waals surface area contributed by atoms with E-state index in [9.17, 15) is 13.6 Å². The minimum atomic E-state index is -0.609. The number of pyridine rings is 1. The third-order valence-electron chi connectivity index (χ3n) is 5.16. The predicted octanol–water partition coefficient (Wildman–Crippen LogP) is 4.66. The average molecular weight is 383 g/mol. The number of halogens is 2. The van der Waals surface area contributed by atoms with Crippen molar-refractivity contribution >= 4 is 5.91 Å². The molecule has 1 aromatic carbocycles. The molecule has 2 heterocycles. The molecule has 1 atom stereocenters. The van der Waals surface area contributed by atoms with E-state index in [2.05, 4.69) is 4.98 Å². The summed E-state index contributed by atoms with van der Waals surface area (Å²) in [6.45, 7) is 6.05. The normalized spacial score (nSPS) is 12.1. The fourth-order valence-corrected chi connectivity index (χ4v) is 3.32. The molecule has 3 aromatic rings. The van der Waals surface area contributed by atoms with E-state index in [-0.39, 0.29) is 11.5 Å². The van der Waals surface area contributed by atoms with Gasteiger partial charge in [0.2, 0.25) is 0 Å². The van der Waals surface area contributed by atoms with Crippen molar-refractivity contribution in [1.82, 2.24) is 14.5 Å². The number of hydrogen-bond donors (Lipinski definition) is 0. The quantitative estimate of drug-likeness (QED) is 0.643. The van der Waals surface area contributed by atoms with E-state index in [0.717, 1.165) is 35.3 Å². The van der Waals surface area contributed by atoms with E-state index in [0.29, 0.717) is 12.1 Å². The maximum absolute atomic E-state index is 14.1. The van der Waals surface area contributed by atoms with E-state index in [1.165, 1.54) is 4.90 Å². The lowest BCUT2D eigenvalue weighted by Gasteiger charge is -2.26. The lowest BCUT2D eigenvalue weighted by molar-refractivity contribution is 0.0739. The van der Waals surface area contributed by atoms with Crippen LogP contribution in [0.4, 0.5) is 8.78 Å². The van der Waals surface area contributed by atoms with Gasteiger partial charge in [0.1, 0.15) is 11.6 Å². The van der Waals surface area contributed by atoms with Crippen LogP contribution in [0, 0.1) is 25.5 Å². The van der Waals surface area contributed by atoms with Crippen LogP contribution in [0.3, 0.4) is 0 Å². The Balaban J connectivity index is 1.88. The topological polar surface area (TPSA) is 38.1 Å². The zero-order valence-electron chi connectivity index (χ0n) is 16.4. The molecule has 2 aromatic heterocycles. The van der Waals surface area contributed by atoms with E-state index in [4.69, 9.17) is 0 Å². The number of amides is 1. The summed E-state index contributed by atoms with van der Waals surface area (Å²) in [6.07, 6.45) is 1.73. The molecule has 0 bridgehead atoms. The van der Waals surface area contributed by atoms with Crippen LogP contribution < -0.4 is 0 Å². The molecule has 6 heteroatoms. The number of carbonyl (C=O) groups is 1. The highest BCUT2D eigenvalue weighted by molar-refractivity contribution is 5.95. The lowest BCUT2D eigenvalue weighted by Crippen LogP contribution is -2.30.